The first-order valence-corrected chi connectivity index (χ1v) is 10.6. The molecule has 3 heterocycles. The van der Waals surface area contributed by atoms with Gasteiger partial charge in [0.05, 0.1) is 19.8 Å². The summed E-state index contributed by atoms with van der Waals surface area (Å²) in [6, 6.07) is 0. The molecule has 0 aromatic heterocycles. The molecule has 0 aromatic rings. The predicted octanol–water partition coefficient (Wildman–Crippen LogP) is -7.57. The van der Waals surface area contributed by atoms with Crippen LogP contribution in [0.2, 0.25) is 0 Å². The number of aliphatic hydroxyl groups excluding tert-OH is 11. The SMILES string of the molecule is OC[C@H]1O[C@@H](OC[C@H]2O[C@@H](O)[C@H](O)[C@@H](O[C@H]3O[C@H](CO)[C@@H](O)[C@H](O)[C@H]3O)[C@@H]2O)[C@H](O)[C@@H](O)[C@@H]1O. The van der Waals surface area contributed by atoms with E-state index in [0.29, 0.717) is 0 Å². The molecule has 11 N–H and O–H groups in total. The number of hydrogen-bond acceptors (Lipinski definition) is 16. The third-order valence-corrected chi connectivity index (χ3v) is 6.07. The lowest BCUT2D eigenvalue weighted by atomic mass is 9.97. The Hall–Kier alpha value is -0.640. The van der Waals surface area contributed by atoms with Gasteiger partial charge >= 0.3 is 0 Å². The summed E-state index contributed by atoms with van der Waals surface area (Å²) in [6.45, 7) is -2.06. The van der Waals surface area contributed by atoms with Crippen molar-refractivity contribution in [2.24, 2.45) is 0 Å². The Morgan fingerprint density at radius 2 is 1.00 bits per heavy atom. The molecule has 3 fully saturated rings. The van der Waals surface area contributed by atoms with E-state index < -0.39 is 112 Å². The molecule has 16 heteroatoms. The molecule has 34 heavy (non-hydrogen) atoms. The van der Waals surface area contributed by atoms with Crippen LogP contribution >= 0.6 is 0 Å². The zero-order chi connectivity index (χ0) is 25.3. The first kappa shape index (κ1) is 27.9. The Bertz CT molecular complexity index is 637. The van der Waals surface area contributed by atoms with E-state index in [1.807, 2.05) is 0 Å². The molecule has 0 amide bonds. The van der Waals surface area contributed by atoms with Crippen LogP contribution in [0.4, 0.5) is 0 Å². The molecule has 0 bridgehead atoms. The summed E-state index contributed by atoms with van der Waals surface area (Å²) >= 11 is 0. The van der Waals surface area contributed by atoms with E-state index in [9.17, 15) is 56.2 Å². The van der Waals surface area contributed by atoms with Crippen molar-refractivity contribution in [3.05, 3.63) is 0 Å². The molecule has 3 aliphatic heterocycles. The number of hydrogen-bond donors (Lipinski definition) is 11. The quantitative estimate of drug-likeness (QED) is 0.154. The lowest BCUT2D eigenvalue weighted by Crippen LogP contribution is -2.65. The summed E-state index contributed by atoms with van der Waals surface area (Å²) < 4.78 is 26.1. The Morgan fingerprint density at radius 1 is 0.500 bits per heavy atom. The summed E-state index contributed by atoms with van der Waals surface area (Å²) in [6.07, 6.45) is -24.9. The molecule has 3 rings (SSSR count). The summed E-state index contributed by atoms with van der Waals surface area (Å²) in [4.78, 5) is 0. The molecule has 0 radical (unpaired) electrons. The molecule has 16 nitrogen and oxygen atoms in total. The van der Waals surface area contributed by atoms with Gasteiger partial charge in [-0.05, 0) is 0 Å². The molecule has 0 unspecified atom stereocenters. The minimum atomic E-state index is -1.93. The predicted molar refractivity (Wildman–Crippen MR) is 101 cm³/mol. The Balaban J connectivity index is 1.65. The van der Waals surface area contributed by atoms with E-state index >= 15 is 0 Å². The normalized spacial score (nSPS) is 52.5. The molecule has 3 saturated heterocycles. The van der Waals surface area contributed by atoms with E-state index in [4.69, 9.17) is 23.7 Å². The van der Waals surface area contributed by atoms with Gasteiger partial charge in [0.2, 0.25) is 0 Å². The third kappa shape index (κ3) is 5.52. The van der Waals surface area contributed by atoms with Crippen molar-refractivity contribution in [1.29, 1.82) is 0 Å². The second kappa shape index (κ2) is 11.6. The van der Waals surface area contributed by atoms with E-state index in [0.717, 1.165) is 0 Å². The standard InChI is InChI=1S/C18H32O16/c19-1-4-7(21)10(24)12(26)17(32-4)30-3-6-9(23)15(14(28)16(29)31-6)34-18-13(27)11(25)8(22)5(2-20)33-18/h4-29H,1-3H2/t4-,5-,6-,7-,8-,9-,10+,11+,12-,13-,14-,15+,16-,17-,18-/m1/s1. The summed E-state index contributed by atoms with van der Waals surface area (Å²) in [7, 11) is 0. The van der Waals surface area contributed by atoms with E-state index in [1.54, 1.807) is 0 Å². The molecular weight excluding hydrogens is 472 g/mol. The molecular formula is C18H32O16. The Kier molecular flexibility index (Phi) is 9.54. The lowest BCUT2D eigenvalue weighted by Gasteiger charge is -2.45. The van der Waals surface area contributed by atoms with Crippen LogP contribution < -0.4 is 0 Å². The molecule has 0 saturated carbocycles. The van der Waals surface area contributed by atoms with Crippen LogP contribution in [0.1, 0.15) is 0 Å². The van der Waals surface area contributed by atoms with Crippen LogP contribution in [0, 0.1) is 0 Å². The third-order valence-electron chi connectivity index (χ3n) is 6.07. The van der Waals surface area contributed by atoms with Crippen LogP contribution in [-0.4, -0.2) is 168 Å². The van der Waals surface area contributed by atoms with Gasteiger partial charge in [-0.2, -0.15) is 0 Å². The van der Waals surface area contributed by atoms with Crippen LogP contribution in [0.5, 0.6) is 0 Å². The first-order chi connectivity index (χ1) is 16.0. The largest absolute Gasteiger partial charge is 0.394 e. The van der Waals surface area contributed by atoms with Crippen molar-refractivity contribution >= 4 is 0 Å². The maximum absolute atomic E-state index is 10.6. The van der Waals surface area contributed by atoms with Gasteiger partial charge in [0, 0.05) is 0 Å². The van der Waals surface area contributed by atoms with Crippen molar-refractivity contribution in [3.63, 3.8) is 0 Å². The van der Waals surface area contributed by atoms with Gasteiger partial charge in [0.15, 0.2) is 18.9 Å². The van der Waals surface area contributed by atoms with E-state index in [1.165, 1.54) is 0 Å². The van der Waals surface area contributed by atoms with Crippen LogP contribution in [-0.2, 0) is 23.7 Å². The van der Waals surface area contributed by atoms with Crippen LogP contribution in [0.15, 0.2) is 0 Å². The fraction of sp³-hybridized carbons (Fsp3) is 1.00. The number of rotatable bonds is 7. The zero-order valence-corrected chi connectivity index (χ0v) is 17.7. The molecule has 0 aliphatic carbocycles. The minimum absolute atomic E-state index is 0.609. The Labute approximate surface area is 192 Å². The van der Waals surface area contributed by atoms with E-state index in [2.05, 4.69) is 0 Å². The highest BCUT2D eigenvalue weighted by Crippen LogP contribution is 2.29. The van der Waals surface area contributed by atoms with Gasteiger partial charge in [-0.3, -0.25) is 0 Å². The second-order valence-corrected chi connectivity index (χ2v) is 8.37. The first-order valence-electron chi connectivity index (χ1n) is 10.6. The summed E-state index contributed by atoms with van der Waals surface area (Å²) in [5, 5.41) is 109. The van der Waals surface area contributed by atoms with Crippen molar-refractivity contribution in [3.8, 4) is 0 Å². The van der Waals surface area contributed by atoms with Gasteiger partial charge < -0.3 is 79.9 Å². The highest BCUT2D eigenvalue weighted by molar-refractivity contribution is 4.94. The monoisotopic (exact) mass is 504 g/mol. The molecule has 3 aliphatic rings. The van der Waals surface area contributed by atoms with Crippen LogP contribution in [0.25, 0.3) is 0 Å². The average molecular weight is 504 g/mol. The van der Waals surface area contributed by atoms with Crippen molar-refractivity contribution in [2.45, 2.75) is 92.1 Å². The molecule has 0 spiro atoms. The average Bonchev–Trinajstić information content (AvgIpc) is 2.82. The highest BCUT2D eigenvalue weighted by atomic mass is 16.7. The van der Waals surface area contributed by atoms with Crippen molar-refractivity contribution in [1.82, 2.24) is 0 Å². The number of ether oxygens (including phenoxy) is 5. The molecule has 0 aromatic carbocycles. The molecule has 200 valence electrons. The number of aliphatic hydroxyl groups is 11. The molecule has 15 atom stereocenters. The fourth-order valence-corrected chi connectivity index (χ4v) is 3.94. The topological polar surface area (TPSA) is 269 Å². The highest BCUT2D eigenvalue weighted by Gasteiger charge is 2.51. The van der Waals surface area contributed by atoms with E-state index in [-0.39, 0.29) is 0 Å². The van der Waals surface area contributed by atoms with Gasteiger partial charge in [-0.25, -0.2) is 0 Å². The fourth-order valence-electron chi connectivity index (χ4n) is 3.94. The van der Waals surface area contributed by atoms with Gasteiger partial charge in [0.1, 0.15) is 73.2 Å². The zero-order valence-electron chi connectivity index (χ0n) is 17.7. The Morgan fingerprint density at radius 3 is 1.53 bits per heavy atom. The summed E-state index contributed by atoms with van der Waals surface area (Å²) in [5.41, 5.74) is 0. The second-order valence-electron chi connectivity index (χ2n) is 8.37. The van der Waals surface area contributed by atoms with Gasteiger partial charge in [-0.15, -0.1) is 0 Å². The van der Waals surface area contributed by atoms with Gasteiger partial charge in [0.25, 0.3) is 0 Å². The lowest BCUT2D eigenvalue weighted by molar-refractivity contribution is -0.361. The smallest absolute Gasteiger partial charge is 0.187 e. The minimum Gasteiger partial charge on any atom is -0.394 e. The van der Waals surface area contributed by atoms with Crippen molar-refractivity contribution < 1.29 is 79.9 Å². The summed E-state index contributed by atoms with van der Waals surface area (Å²) in [5.74, 6) is 0. The van der Waals surface area contributed by atoms with Gasteiger partial charge in [-0.1, -0.05) is 0 Å². The van der Waals surface area contributed by atoms with Crippen molar-refractivity contribution in [2.75, 3.05) is 19.8 Å². The maximum Gasteiger partial charge on any atom is 0.187 e. The van der Waals surface area contributed by atoms with Crippen LogP contribution in [0.3, 0.4) is 0 Å². The maximum atomic E-state index is 10.6.